The van der Waals surface area contributed by atoms with E-state index >= 15 is 0 Å². The fourth-order valence-corrected chi connectivity index (χ4v) is 1.08. The van der Waals surface area contributed by atoms with Gasteiger partial charge >= 0.3 is 0 Å². The van der Waals surface area contributed by atoms with Gasteiger partial charge in [-0.05, 0) is 6.92 Å². The van der Waals surface area contributed by atoms with Crippen molar-refractivity contribution in [1.29, 1.82) is 0 Å². The molecule has 5 nitrogen and oxygen atoms in total. The quantitative estimate of drug-likeness (QED) is 0.694. The Hall–Kier alpha value is -1.65. The largest absolute Gasteiger partial charge is 0.361 e. The minimum absolute atomic E-state index is 0.550. The third-order valence-electron chi connectivity index (χ3n) is 1.59. The summed E-state index contributed by atoms with van der Waals surface area (Å²) in [5, 5.41) is 7.58. The van der Waals surface area contributed by atoms with Crippen LogP contribution in [0.4, 0.5) is 0 Å². The van der Waals surface area contributed by atoms with Gasteiger partial charge in [-0.15, -0.1) is 0 Å². The Morgan fingerprint density at radius 2 is 2.08 bits per heavy atom. The lowest BCUT2D eigenvalue weighted by Gasteiger charge is -1.84. The zero-order valence-electron chi connectivity index (χ0n) is 7.44. The highest BCUT2D eigenvalue weighted by Crippen LogP contribution is 2.06. The van der Waals surface area contributed by atoms with Crippen LogP contribution in [0.15, 0.2) is 15.1 Å². The van der Waals surface area contributed by atoms with Crippen LogP contribution in [-0.4, -0.2) is 15.3 Å². The maximum atomic E-state index is 4.91. The van der Waals surface area contributed by atoms with Gasteiger partial charge in [0.1, 0.15) is 5.76 Å². The predicted molar refractivity (Wildman–Crippen MR) is 43.1 cm³/mol. The molecule has 0 spiro atoms. The molecule has 0 aliphatic rings. The van der Waals surface area contributed by atoms with Crippen molar-refractivity contribution in [3.8, 4) is 0 Å². The molecule has 0 saturated heterocycles. The molecule has 13 heavy (non-hydrogen) atoms. The average molecular weight is 179 g/mol. The van der Waals surface area contributed by atoms with E-state index in [2.05, 4.69) is 15.3 Å². The molecule has 0 amide bonds. The van der Waals surface area contributed by atoms with Crippen molar-refractivity contribution in [2.45, 2.75) is 20.3 Å². The summed E-state index contributed by atoms with van der Waals surface area (Å²) in [4.78, 5) is 4.06. The zero-order chi connectivity index (χ0) is 9.26. The molecule has 2 heterocycles. The van der Waals surface area contributed by atoms with Crippen LogP contribution in [0, 0.1) is 13.8 Å². The van der Waals surface area contributed by atoms with E-state index in [1.165, 1.54) is 0 Å². The van der Waals surface area contributed by atoms with Gasteiger partial charge in [-0.2, -0.15) is 4.98 Å². The van der Waals surface area contributed by atoms with Gasteiger partial charge < -0.3 is 9.05 Å². The van der Waals surface area contributed by atoms with Crippen LogP contribution in [0.2, 0.25) is 0 Å². The van der Waals surface area contributed by atoms with Crippen LogP contribution in [0.3, 0.4) is 0 Å². The fourth-order valence-electron chi connectivity index (χ4n) is 1.08. The molecule has 2 aromatic rings. The van der Waals surface area contributed by atoms with Crippen molar-refractivity contribution in [2.75, 3.05) is 0 Å². The van der Waals surface area contributed by atoms with E-state index in [0.29, 0.717) is 18.1 Å². The predicted octanol–water partition coefficient (Wildman–Crippen LogP) is 1.27. The van der Waals surface area contributed by atoms with Gasteiger partial charge in [0.15, 0.2) is 5.82 Å². The molecule has 0 radical (unpaired) electrons. The molecule has 0 fully saturated rings. The molecule has 0 bridgehead atoms. The summed E-state index contributed by atoms with van der Waals surface area (Å²) in [7, 11) is 0. The first-order chi connectivity index (χ1) is 6.24. The standard InChI is InChI=1S/C8H9N3O2/c1-5-3-7(10-12-5)4-8-9-6(2)13-11-8/h3H,4H2,1-2H3. The van der Waals surface area contributed by atoms with Crippen molar-refractivity contribution in [3.63, 3.8) is 0 Å². The minimum atomic E-state index is 0.550. The minimum Gasteiger partial charge on any atom is -0.361 e. The highest BCUT2D eigenvalue weighted by molar-refractivity contribution is 5.08. The highest BCUT2D eigenvalue weighted by atomic mass is 16.5. The molecular formula is C8H9N3O2. The van der Waals surface area contributed by atoms with Crippen LogP contribution in [0.25, 0.3) is 0 Å². The lowest BCUT2D eigenvalue weighted by molar-refractivity contribution is 0.383. The van der Waals surface area contributed by atoms with Crippen molar-refractivity contribution >= 4 is 0 Å². The number of hydrogen-bond donors (Lipinski definition) is 0. The Bertz CT molecular complexity index is 367. The number of rotatable bonds is 2. The number of nitrogens with zero attached hydrogens (tertiary/aromatic N) is 3. The smallest absolute Gasteiger partial charge is 0.223 e. The first-order valence-corrected chi connectivity index (χ1v) is 3.95. The normalized spacial score (nSPS) is 10.6. The molecule has 0 saturated carbocycles. The Balaban J connectivity index is 2.14. The van der Waals surface area contributed by atoms with Gasteiger partial charge in [0.2, 0.25) is 5.89 Å². The molecule has 0 aliphatic carbocycles. The summed E-state index contributed by atoms with van der Waals surface area (Å²) in [6.07, 6.45) is 0.550. The molecule has 0 unspecified atom stereocenters. The van der Waals surface area contributed by atoms with Crippen LogP contribution >= 0.6 is 0 Å². The second kappa shape index (κ2) is 3.01. The molecule has 0 aromatic carbocycles. The van der Waals surface area contributed by atoms with Gasteiger partial charge in [-0.25, -0.2) is 0 Å². The molecule has 0 N–H and O–H groups in total. The first-order valence-electron chi connectivity index (χ1n) is 3.95. The van der Waals surface area contributed by atoms with Crippen molar-refractivity contribution in [2.24, 2.45) is 0 Å². The van der Waals surface area contributed by atoms with Crippen molar-refractivity contribution in [1.82, 2.24) is 15.3 Å². The van der Waals surface area contributed by atoms with E-state index < -0.39 is 0 Å². The van der Waals surface area contributed by atoms with Crippen molar-refractivity contribution in [3.05, 3.63) is 29.2 Å². The van der Waals surface area contributed by atoms with Crippen LogP contribution < -0.4 is 0 Å². The molecule has 0 atom stereocenters. The Labute approximate surface area is 74.7 Å². The Kier molecular flexibility index (Phi) is 1.84. The van der Waals surface area contributed by atoms with Gasteiger partial charge in [-0.1, -0.05) is 10.3 Å². The third-order valence-corrected chi connectivity index (χ3v) is 1.59. The monoisotopic (exact) mass is 179 g/mol. The third kappa shape index (κ3) is 1.74. The van der Waals surface area contributed by atoms with Gasteiger partial charge in [0.05, 0.1) is 12.1 Å². The van der Waals surface area contributed by atoms with Gasteiger partial charge in [-0.3, -0.25) is 0 Å². The highest BCUT2D eigenvalue weighted by Gasteiger charge is 2.06. The van der Waals surface area contributed by atoms with E-state index in [0.717, 1.165) is 11.5 Å². The maximum absolute atomic E-state index is 4.91. The summed E-state index contributed by atoms with van der Waals surface area (Å²) in [5.74, 6) is 1.98. The van der Waals surface area contributed by atoms with E-state index in [4.69, 9.17) is 9.05 Å². The topological polar surface area (TPSA) is 65.0 Å². The lowest BCUT2D eigenvalue weighted by Crippen LogP contribution is -1.90. The summed E-state index contributed by atoms with van der Waals surface area (Å²) in [6, 6.07) is 1.85. The molecular weight excluding hydrogens is 170 g/mol. The van der Waals surface area contributed by atoms with Gasteiger partial charge in [0, 0.05) is 13.0 Å². The Morgan fingerprint density at radius 1 is 1.23 bits per heavy atom. The molecule has 5 heteroatoms. The van der Waals surface area contributed by atoms with E-state index in [-0.39, 0.29) is 0 Å². The number of aromatic nitrogens is 3. The van der Waals surface area contributed by atoms with Crippen LogP contribution in [-0.2, 0) is 6.42 Å². The zero-order valence-corrected chi connectivity index (χ0v) is 7.44. The number of aryl methyl sites for hydroxylation is 2. The summed E-state index contributed by atoms with van der Waals surface area (Å²) < 4.78 is 9.73. The lowest BCUT2D eigenvalue weighted by atomic mass is 10.3. The second-order valence-corrected chi connectivity index (χ2v) is 2.84. The van der Waals surface area contributed by atoms with Crippen molar-refractivity contribution < 1.29 is 9.05 Å². The Morgan fingerprint density at radius 3 is 2.62 bits per heavy atom. The van der Waals surface area contributed by atoms with Crippen LogP contribution in [0.5, 0.6) is 0 Å². The average Bonchev–Trinajstić information content (AvgIpc) is 2.62. The molecule has 68 valence electrons. The van der Waals surface area contributed by atoms with Crippen LogP contribution in [0.1, 0.15) is 23.2 Å². The first kappa shape index (κ1) is 7.97. The molecule has 0 aliphatic heterocycles. The molecule has 2 rings (SSSR count). The van der Waals surface area contributed by atoms with Gasteiger partial charge in [0.25, 0.3) is 0 Å². The van der Waals surface area contributed by atoms with E-state index in [1.54, 1.807) is 6.92 Å². The molecule has 2 aromatic heterocycles. The fraction of sp³-hybridized carbons (Fsp3) is 0.375. The summed E-state index contributed by atoms with van der Waals surface area (Å²) >= 11 is 0. The summed E-state index contributed by atoms with van der Waals surface area (Å²) in [6.45, 7) is 3.60. The van der Waals surface area contributed by atoms with E-state index in [1.807, 2.05) is 13.0 Å². The number of hydrogen-bond acceptors (Lipinski definition) is 5. The maximum Gasteiger partial charge on any atom is 0.223 e. The summed E-state index contributed by atoms with van der Waals surface area (Å²) in [5.41, 5.74) is 0.818. The van der Waals surface area contributed by atoms with E-state index in [9.17, 15) is 0 Å². The SMILES string of the molecule is Cc1cc(Cc2noc(C)n2)no1. The second-order valence-electron chi connectivity index (χ2n) is 2.84.